The fourth-order valence-corrected chi connectivity index (χ4v) is 4.94. The zero-order valence-electron chi connectivity index (χ0n) is 22.4. The molecule has 2 aromatic carbocycles. The van der Waals surface area contributed by atoms with Crippen LogP contribution in [0, 0.1) is 5.82 Å². The van der Waals surface area contributed by atoms with Crippen molar-refractivity contribution in [1.29, 1.82) is 0 Å². The maximum absolute atomic E-state index is 14.9. The van der Waals surface area contributed by atoms with Gasteiger partial charge >= 0.3 is 12.1 Å². The molecule has 1 aliphatic heterocycles. The Morgan fingerprint density at radius 3 is 2.51 bits per heavy atom. The van der Waals surface area contributed by atoms with Gasteiger partial charge in [0.25, 0.3) is 5.56 Å². The number of hydrogen-bond acceptors (Lipinski definition) is 6. The van der Waals surface area contributed by atoms with Crippen molar-refractivity contribution in [3.8, 4) is 11.1 Å². The summed E-state index contributed by atoms with van der Waals surface area (Å²) >= 11 is 0. The number of ether oxygens (including phenoxy) is 1. The fraction of sp³-hybridized carbons (Fsp3) is 0.300. The molecule has 0 aliphatic carbocycles. The molecule has 0 spiro atoms. The lowest BCUT2D eigenvalue weighted by molar-refractivity contribution is -0.205. The number of carbonyl (C=O) groups is 1. The van der Waals surface area contributed by atoms with Gasteiger partial charge in [-0.3, -0.25) is 4.79 Å². The Morgan fingerprint density at radius 2 is 1.85 bits per heavy atom. The number of hydrogen-bond donors (Lipinski definition) is 2. The van der Waals surface area contributed by atoms with Gasteiger partial charge in [-0.2, -0.15) is 13.2 Å². The predicted octanol–water partition coefficient (Wildman–Crippen LogP) is 6.67. The number of piperidine rings is 1. The third-order valence-electron chi connectivity index (χ3n) is 7.16. The number of alkyl halides is 3. The van der Waals surface area contributed by atoms with Crippen LogP contribution in [0.1, 0.15) is 38.2 Å². The molecule has 0 saturated carbocycles. The van der Waals surface area contributed by atoms with Crippen LogP contribution >= 0.6 is 0 Å². The average Bonchev–Trinajstić information content (AvgIpc) is 2.93. The number of benzene rings is 2. The van der Waals surface area contributed by atoms with Gasteiger partial charge in [-0.25, -0.2) is 14.2 Å². The van der Waals surface area contributed by atoms with E-state index in [1.807, 2.05) is 24.8 Å². The van der Waals surface area contributed by atoms with Crippen molar-refractivity contribution >= 4 is 33.9 Å². The van der Waals surface area contributed by atoms with E-state index >= 15 is 0 Å². The van der Waals surface area contributed by atoms with Gasteiger partial charge in [0.05, 0.1) is 23.0 Å². The number of halogens is 4. The van der Waals surface area contributed by atoms with Crippen LogP contribution in [0.25, 0.3) is 21.9 Å². The van der Waals surface area contributed by atoms with E-state index in [0.29, 0.717) is 46.5 Å². The number of H-pyrrole nitrogens is 1. The van der Waals surface area contributed by atoms with Gasteiger partial charge in [0.1, 0.15) is 17.7 Å². The third kappa shape index (κ3) is 6.18. The summed E-state index contributed by atoms with van der Waals surface area (Å²) in [6.07, 6.45) is -2.12. The Morgan fingerprint density at radius 1 is 1.10 bits per heavy atom. The topological polar surface area (TPSA) is 87.3 Å². The molecule has 0 radical (unpaired) electrons. The Kier molecular flexibility index (Phi) is 7.70. The van der Waals surface area contributed by atoms with Gasteiger partial charge < -0.3 is 19.9 Å². The van der Waals surface area contributed by atoms with Crippen LogP contribution in [-0.4, -0.2) is 41.3 Å². The first-order chi connectivity index (χ1) is 19.5. The van der Waals surface area contributed by atoms with E-state index in [1.54, 1.807) is 48.8 Å². The molecule has 41 heavy (non-hydrogen) atoms. The largest absolute Gasteiger partial charge is 0.490 e. The van der Waals surface area contributed by atoms with Crippen molar-refractivity contribution in [2.24, 2.45) is 0 Å². The summed E-state index contributed by atoms with van der Waals surface area (Å²) in [4.78, 5) is 33.0. The lowest BCUT2D eigenvalue weighted by atomic mass is 9.95. The summed E-state index contributed by atoms with van der Waals surface area (Å²) in [5.41, 5.74) is 2.92. The number of pyridine rings is 2. The molecule has 1 saturated heterocycles. The van der Waals surface area contributed by atoms with Crippen LogP contribution in [0.5, 0.6) is 0 Å². The highest BCUT2D eigenvalue weighted by atomic mass is 19.4. The van der Waals surface area contributed by atoms with Crippen molar-refractivity contribution in [1.82, 2.24) is 9.97 Å². The fourth-order valence-electron chi connectivity index (χ4n) is 4.94. The lowest BCUT2D eigenvalue weighted by Crippen LogP contribution is -2.40. The lowest BCUT2D eigenvalue weighted by Gasteiger charge is -2.33. The molecule has 0 amide bonds. The van der Waals surface area contributed by atoms with E-state index in [9.17, 15) is 27.2 Å². The second-order valence-electron chi connectivity index (χ2n) is 10.3. The molecule has 4 aromatic rings. The van der Waals surface area contributed by atoms with Gasteiger partial charge in [0.2, 0.25) is 0 Å². The van der Waals surface area contributed by atoms with Crippen LogP contribution in [0.3, 0.4) is 0 Å². The first-order valence-electron chi connectivity index (χ1n) is 13.2. The molecule has 11 heteroatoms. The molecular weight excluding hydrogens is 540 g/mol. The number of anilines is 3. The molecule has 2 aromatic heterocycles. The molecule has 1 fully saturated rings. The molecule has 0 bridgehead atoms. The monoisotopic (exact) mass is 568 g/mol. The summed E-state index contributed by atoms with van der Waals surface area (Å²) < 4.78 is 57.0. The van der Waals surface area contributed by atoms with Crippen molar-refractivity contribution in [2.75, 3.05) is 23.3 Å². The smallest absolute Gasteiger partial charge is 0.456 e. The predicted molar refractivity (Wildman–Crippen MR) is 149 cm³/mol. The van der Waals surface area contributed by atoms with E-state index in [2.05, 4.69) is 20.0 Å². The van der Waals surface area contributed by atoms with Crippen molar-refractivity contribution in [3.05, 3.63) is 82.7 Å². The first kappa shape index (κ1) is 28.1. The SMILES string of the molecule is CC(C)c1ccc(F)c(-c2cc(Nc3ccc(N4CCC(OC(=O)C(F)(F)F)CC4)cn3)c3c(=O)[nH]ccc3c2)c1. The van der Waals surface area contributed by atoms with Crippen molar-refractivity contribution in [3.63, 3.8) is 0 Å². The normalized spacial score (nSPS) is 14.5. The Balaban J connectivity index is 1.37. The van der Waals surface area contributed by atoms with Crippen LogP contribution in [-0.2, 0) is 9.53 Å². The van der Waals surface area contributed by atoms with Crippen molar-refractivity contribution in [2.45, 2.75) is 44.9 Å². The number of nitrogens with one attached hydrogen (secondary N) is 2. The average molecular weight is 569 g/mol. The minimum absolute atomic E-state index is 0.207. The highest BCUT2D eigenvalue weighted by molar-refractivity contribution is 5.98. The third-order valence-corrected chi connectivity index (χ3v) is 7.16. The summed E-state index contributed by atoms with van der Waals surface area (Å²) in [7, 11) is 0. The number of nitrogens with zero attached hydrogens (tertiary/aromatic N) is 2. The molecule has 3 heterocycles. The molecule has 214 valence electrons. The van der Waals surface area contributed by atoms with Gasteiger partial charge in [-0.05, 0) is 64.9 Å². The highest BCUT2D eigenvalue weighted by Crippen LogP contribution is 2.34. The van der Waals surface area contributed by atoms with Crippen LogP contribution < -0.4 is 15.8 Å². The first-order valence-corrected chi connectivity index (χ1v) is 13.2. The Labute approximate surface area is 233 Å². The van der Waals surface area contributed by atoms with E-state index in [0.717, 1.165) is 11.3 Å². The summed E-state index contributed by atoms with van der Waals surface area (Å²) in [5, 5.41) is 4.23. The molecule has 0 unspecified atom stereocenters. The summed E-state index contributed by atoms with van der Waals surface area (Å²) in [5.74, 6) is -1.89. The van der Waals surface area contributed by atoms with E-state index in [1.165, 1.54) is 6.07 Å². The molecule has 5 rings (SSSR count). The number of rotatable bonds is 6. The quantitative estimate of drug-likeness (QED) is 0.200. The molecule has 7 nitrogen and oxygen atoms in total. The van der Waals surface area contributed by atoms with Crippen LogP contribution in [0.15, 0.2) is 65.7 Å². The van der Waals surface area contributed by atoms with Gasteiger partial charge in [0, 0.05) is 37.7 Å². The summed E-state index contributed by atoms with van der Waals surface area (Å²) in [6.45, 7) is 4.86. The Bertz CT molecular complexity index is 1630. The minimum Gasteiger partial charge on any atom is -0.456 e. The zero-order chi connectivity index (χ0) is 29.3. The Hall–Kier alpha value is -4.41. The zero-order valence-corrected chi connectivity index (χ0v) is 22.4. The van der Waals surface area contributed by atoms with Gasteiger partial charge in [0.15, 0.2) is 0 Å². The second-order valence-corrected chi connectivity index (χ2v) is 10.3. The standard InChI is InChI=1S/C30H28F4N4O3/c1-17(2)18-3-5-24(31)23(14-18)20-13-19-7-10-35-28(39)27(19)25(15-20)37-26-6-4-21(16-36-26)38-11-8-22(9-12-38)41-29(40)30(32,33)34/h3-7,10,13-17,22H,8-9,11-12H2,1-2H3,(H,35,39)(H,36,37). The van der Waals surface area contributed by atoms with Crippen LogP contribution in [0.2, 0.25) is 0 Å². The van der Waals surface area contributed by atoms with Gasteiger partial charge in [-0.15, -0.1) is 0 Å². The maximum atomic E-state index is 14.9. The molecular formula is C30H28F4N4O3. The number of fused-ring (bicyclic) bond motifs is 1. The van der Waals surface area contributed by atoms with E-state index in [-0.39, 0.29) is 30.1 Å². The number of aromatic amines is 1. The molecule has 2 N–H and O–H groups in total. The molecule has 1 aliphatic rings. The summed E-state index contributed by atoms with van der Waals surface area (Å²) in [6, 6.07) is 13.8. The molecule has 0 atom stereocenters. The second kappa shape index (κ2) is 11.2. The van der Waals surface area contributed by atoms with Crippen LogP contribution in [0.4, 0.5) is 34.8 Å². The number of carbonyl (C=O) groups excluding carboxylic acids is 1. The minimum atomic E-state index is -5.01. The number of esters is 1. The number of aromatic nitrogens is 2. The van der Waals surface area contributed by atoms with Crippen molar-refractivity contribution < 1.29 is 27.1 Å². The van der Waals surface area contributed by atoms with E-state index < -0.39 is 18.2 Å². The maximum Gasteiger partial charge on any atom is 0.490 e. The highest BCUT2D eigenvalue weighted by Gasteiger charge is 2.42. The van der Waals surface area contributed by atoms with Gasteiger partial charge in [-0.1, -0.05) is 19.9 Å². The van der Waals surface area contributed by atoms with E-state index in [4.69, 9.17) is 0 Å².